The Hall–Kier alpha value is -1.13. The number of benzene rings is 1. The largest absolute Gasteiger partial charge is 0.326 e. The van der Waals surface area contributed by atoms with E-state index in [1.807, 2.05) is 0 Å². The maximum Gasteiger partial charge on any atom is 0.125 e. The Morgan fingerprint density at radius 3 is 2.71 bits per heavy atom. The van der Waals surface area contributed by atoms with E-state index >= 15 is 0 Å². The Labute approximate surface area is 129 Å². The van der Waals surface area contributed by atoms with Crippen LogP contribution in [0.4, 0.5) is 4.39 Å². The van der Waals surface area contributed by atoms with Crippen LogP contribution in [0.5, 0.6) is 0 Å². The first-order chi connectivity index (χ1) is 10.1. The lowest BCUT2D eigenvalue weighted by Crippen LogP contribution is -2.53. The van der Waals surface area contributed by atoms with Gasteiger partial charge in [-0.2, -0.15) is 0 Å². The molecule has 0 amide bonds. The van der Waals surface area contributed by atoms with Crippen LogP contribution in [0.3, 0.4) is 0 Å². The summed E-state index contributed by atoms with van der Waals surface area (Å²) >= 11 is 5.91. The van der Waals surface area contributed by atoms with Crippen LogP contribution in [0.25, 0.3) is 11.0 Å². The first kappa shape index (κ1) is 14.8. The average Bonchev–Trinajstić information content (AvgIpc) is 2.71. The lowest BCUT2D eigenvalue weighted by atomic mass is 9.75. The molecule has 0 radical (unpaired) electrons. The highest BCUT2D eigenvalue weighted by molar-refractivity contribution is 6.17. The van der Waals surface area contributed by atoms with E-state index in [1.54, 1.807) is 12.1 Å². The van der Waals surface area contributed by atoms with E-state index in [2.05, 4.69) is 28.5 Å². The van der Waals surface area contributed by atoms with Crippen LogP contribution >= 0.6 is 11.6 Å². The smallest absolute Gasteiger partial charge is 0.125 e. The number of likely N-dealkylation sites (N-methyl/N-ethyl adjacent to an activating group) is 1. The second-order valence-electron chi connectivity index (χ2n) is 6.16. The molecule has 0 saturated heterocycles. The van der Waals surface area contributed by atoms with Crippen LogP contribution in [0.1, 0.15) is 25.1 Å². The van der Waals surface area contributed by atoms with E-state index in [9.17, 15) is 4.39 Å². The molecule has 1 aliphatic rings. The zero-order valence-electron chi connectivity index (χ0n) is 12.6. The minimum atomic E-state index is -0.214. The van der Waals surface area contributed by atoms with Gasteiger partial charge in [-0.3, -0.25) is 0 Å². The normalized spacial score (nSPS) is 17.4. The summed E-state index contributed by atoms with van der Waals surface area (Å²) in [5.74, 6) is 1.27. The van der Waals surface area contributed by atoms with Gasteiger partial charge in [-0.05, 0) is 51.6 Å². The van der Waals surface area contributed by atoms with Crippen molar-refractivity contribution in [2.75, 3.05) is 20.0 Å². The lowest BCUT2D eigenvalue weighted by molar-refractivity contribution is 0.0427. The molecule has 21 heavy (non-hydrogen) atoms. The van der Waals surface area contributed by atoms with E-state index in [4.69, 9.17) is 11.6 Å². The van der Waals surface area contributed by atoms with Gasteiger partial charge < -0.3 is 9.47 Å². The molecular weight excluding hydrogens is 289 g/mol. The first-order valence-corrected chi connectivity index (χ1v) is 7.97. The van der Waals surface area contributed by atoms with Gasteiger partial charge in [-0.25, -0.2) is 9.37 Å². The van der Waals surface area contributed by atoms with Gasteiger partial charge in [0.2, 0.25) is 0 Å². The zero-order chi connectivity index (χ0) is 15.0. The molecule has 0 bridgehead atoms. The van der Waals surface area contributed by atoms with Gasteiger partial charge in [0.1, 0.15) is 11.6 Å². The summed E-state index contributed by atoms with van der Waals surface area (Å²) in [6, 6.07) is 4.80. The summed E-state index contributed by atoms with van der Waals surface area (Å²) in [5, 5.41) is 0. The third-order valence-corrected chi connectivity index (χ3v) is 4.98. The van der Waals surface area contributed by atoms with E-state index in [0.29, 0.717) is 12.3 Å². The predicted molar refractivity (Wildman–Crippen MR) is 84.4 cm³/mol. The Bertz CT molecular complexity index is 646. The van der Waals surface area contributed by atoms with Crippen molar-refractivity contribution < 1.29 is 4.39 Å². The third-order valence-electron chi connectivity index (χ3n) is 4.79. The molecular formula is C16H21ClFN3. The zero-order valence-corrected chi connectivity index (χ0v) is 13.3. The Morgan fingerprint density at radius 1 is 1.38 bits per heavy atom. The Balaban J connectivity index is 2.06. The molecule has 1 saturated carbocycles. The molecule has 1 aromatic carbocycles. The molecule has 114 valence electrons. The maximum atomic E-state index is 13.6. The van der Waals surface area contributed by atoms with Crippen LogP contribution in [0.15, 0.2) is 18.2 Å². The second-order valence-corrected chi connectivity index (χ2v) is 6.54. The number of fused-ring (bicyclic) bond motifs is 1. The molecule has 1 heterocycles. The van der Waals surface area contributed by atoms with Crippen molar-refractivity contribution in [1.29, 1.82) is 0 Å². The first-order valence-electron chi connectivity index (χ1n) is 7.44. The molecule has 3 rings (SSSR count). The number of aryl methyl sites for hydroxylation is 1. The Morgan fingerprint density at radius 2 is 2.14 bits per heavy atom. The summed E-state index contributed by atoms with van der Waals surface area (Å²) in [6.45, 7) is 0.853. The van der Waals surface area contributed by atoms with Gasteiger partial charge in [-0.1, -0.05) is 0 Å². The molecule has 5 heteroatoms. The minimum Gasteiger partial charge on any atom is -0.326 e. The number of halogens is 2. The predicted octanol–water partition coefficient (Wildman–Crippen LogP) is 3.44. The molecule has 1 aliphatic carbocycles. The standard InChI is InChI=1S/C16H21ClFN3/c1-20(2)16(7-3-8-16)11-21-14-10-12(18)4-5-13(14)19-15(21)6-9-17/h4-5,10H,3,6-9,11H2,1-2H3. The van der Waals surface area contributed by atoms with Crippen molar-refractivity contribution in [2.24, 2.45) is 0 Å². The second kappa shape index (κ2) is 5.58. The van der Waals surface area contributed by atoms with Gasteiger partial charge in [0.25, 0.3) is 0 Å². The number of rotatable bonds is 5. The summed E-state index contributed by atoms with van der Waals surface area (Å²) in [4.78, 5) is 6.94. The lowest BCUT2D eigenvalue weighted by Gasteiger charge is -2.47. The molecule has 1 fully saturated rings. The summed E-state index contributed by atoms with van der Waals surface area (Å²) in [6.07, 6.45) is 4.32. The maximum absolute atomic E-state index is 13.6. The summed E-state index contributed by atoms with van der Waals surface area (Å²) < 4.78 is 15.8. The van der Waals surface area contributed by atoms with Crippen LogP contribution in [-0.2, 0) is 13.0 Å². The van der Waals surface area contributed by atoms with Crippen LogP contribution < -0.4 is 0 Å². The van der Waals surface area contributed by atoms with Gasteiger partial charge in [-0.15, -0.1) is 11.6 Å². The van der Waals surface area contributed by atoms with E-state index in [0.717, 1.165) is 23.4 Å². The van der Waals surface area contributed by atoms with Gasteiger partial charge >= 0.3 is 0 Å². The van der Waals surface area contributed by atoms with Crippen LogP contribution in [-0.4, -0.2) is 40.0 Å². The molecule has 0 aliphatic heterocycles. The van der Waals surface area contributed by atoms with Crippen molar-refractivity contribution in [3.8, 4) is 0 Å². The summed E-state index contributed by atoms with van der Waals surface area (Å²) in [5.41, 5.74) is 1.90. The minimum absolute atomic E-state index is 0.168. The quantitative estimate of drug-likeness (QED) is 0.789. The average molecular weight is 310 g/mol. The number of aromatic nitrogens is 2. The number of alkyl halides is 1. The molecule has 0 atom stereocenters. The fourth-order valence-corrected chi connectivity index (χ4v) is 3.39. The van der Waals surface area contributed by atoms with Crippen molar-refractivity contribution in [3.05, 3.63) is 29.8 Å². The van der Waals surface area contributed by atoms with Crippen molar-refractivity contribution in [1.82, 2.24) is 14.5 Å². The third kappa shape index (κ3) is 2.55. The fraction of sp³-hybridized carbons (Fsp3) is 0.562. The van der Waals surface area contributed by atoms with Crippen molar-refractivity contribution in [3.63, 3.8) is 0 Å². The molecule has 2 aromatic rings. The highest BCUT2D eigenvalue weighted by atomic mass is 35.5. The van der Waals surface area contributed by atoms with Crippen LogP contribution in [0.2, 0.25) is 0 Å². The highest BCUT2D eigenvalue weighted by Gasteiger charge is 2.40. The molecule has 0 N–H and O–H groups in total. The fourth-order valence-electron chi connectivity index (χ4n) is 3.22. The van der Waals surface area contributed by atoms with E-state index in [-0.39, 0.29) is 11.4 Å². The Kier molecular flexibility index (Phi) is 3.93. The summed E-state index contributed by atoms with van der Waals surface area (Å²) in [7, 11) is 4.25. The monoisotopic (exact) mass is 309 g/mol. The van der Waals surface area contributed by atoms with Crippen molar-refractivity contribution >= 4 is 22.6 Å². The van der Waals surface area contributed by atoms with Crippen molar-refractivity contribution in [2.45, 2.75) is 37.8 Å². The van der Waals surface area contributed by atoms with Gasteiger partial charge in [0, 0.05) is 24.4 Å². The SMILES string of the molecule is CN(C)C1(Cn2c(CCCl)nc3ccc(F)cc32)CCC1. The molecule has 0 spiro atoms. The van der Waals surface area contributed by atoms with Gasteiger partial charge in [0.15, 0.2) is 0 Å². The van der Waals surface area contributed by atoms with E-state index < -0.39 is 0 Å². The molecule has 0 unspecified atom stereocenters. The molecule has 1 aromatic heterocycles. The number of nitrogens with zero attached hydrogens (tertiary/aromatic N) is 3. The topological polar surface area (TPSA) is 21.1 Å². The highest BCUT2D eigenvalue weighted by Crippen LogP contribution is 2.38. The van der Waals surface area contributed by atoms with E-state index in [1.165, 1.54) is 25.3 Å². The number of hydrogen-bond donors (Lipinski definition) is 0. The number of hydrogen-bond acceptors (Lipinski definition) is 2. The van der Waals surface area contributed by atoms with Gasteiger partial charge in [0.05, 0.1) is 11.0 Å². The van der Waals surface area contributed by atoms with Crippen LogP contribution in [0, 0.1) is 5.82 Å². The molecule has 3 nitrogen and oxygen atoms in total. The number of imidazole rings is 1.